The number of carboxylic acids is 1. The molecule has 0 aromatic carbocycles. The molecule has 0 spiro atoms. The molecule has 0 saturated heterocycles. The number of carboxylic acid groups (broad SMARTS) is 1. The van der Waals surface area contributed by atoms with Gasteiger partial charge in [-0.3, -0.25) is 4.79 Å². The number of hydrogen-bond donors (Lipinski definition) is 1. The number of aliphatic carboxylic acids is 1. The fraction of sp³-hybridized carbons (Fsp3) is 0.143. The lowest BCUT2D eigenvalue weighted by Gasteiger charge is -1.98. The second-order valence-corrected chi connectivity index (χ2v) is 3.79. The third kappa shape index (κ3) is 2.57. The summed E-state index contributed by atoms with van der Waals surface area (Å²) < 4.78 is 1.44. The van der Waals surface area contributed by atoms with Crippen molar-refractivity contribution in [3.05, 3.63) is 26.9 Å². The highest BCUT2D eigenvalue weighted by Gasteiger charge is 2.03. The minimum atomic E-state index is -0.856. The summed E-state index contributed by atoms with van der Waals surface area (Å²) in [6.07, 6.45) is 1.53. The zero-order valence-electron chi connectivity index (χ0n) is 5.92. The first-order valence-corrected chi connectivity index (χ1v) is 4.70. The van der Waals surface area contributed by atoms with Crippen LogP contribution in [0.3, 0.4) is 0 Å². The Morgan fingerprint density at radius 3 is 2.75 bits per heavy atom. The van der Waals surface area contributed by atoms with Gasteiger partial charge in [0.1, 0.15) is 4.60 Å². The van der Waals surface area contributed by atoms with E-state index in [-0.39, 0.29) is 6.42 Å². The summed E-state index contributed by atoms with van der Waals surface area (Å²) in [5, 5.41) is 8.47. The van der Waals surface area contributed by atoms with Gasteiger partial charge in [-0.1, -0.05) is 0 Å². The van der Waals surface area contributed by atoms with Gasteiger partial charge in [0.25, 0.3) is 0 Å². The standard InChI is InChI=1S/C7H5Br2NO2/c8-5-1-4(2-6(11)12)3-10-7(5)9/h1,3H,2H2,(H,11,12). The number of hydrogen-bond acceptors (Lipinski definition) is 2. The summed E-state index contributed by atoms with van der Waals surface area (Å²) in [7, 11) is 0. The summed E-state index contributed by atoms with van der Waals surface area (Å²) in [5.41, 5.74) is 0.678. The predicted octanol–water partition coefficient (Wildman–Crippen LogP) is 2.23. The molecule has 1 aromatic heterocycles. The van der Waals surface area contributed by atoms with Gasteiger partial charge in [-0.15, -0.1) is 0 Å². The minimum absolute atomic E-state index is 0.00111. The zero-order valence-corrected chi connectivity index (χ0v) is 9.09. The van der Waals surface area contributed by atoms with E-state index in [0.717, 1.165) is 4.47 Å². The number of pyridine rings is 1. The molecule has 64 valence electrons. The quantitative estimate of drug-likeness (QED) is 0.851. The lowest BCUT2D eigenvalue weighted by Crippen LogP contribution is -2.00. The van der Waals surface area contributed by atoms with Crippen LogP contribution in [0.1, 0.15) is 5.56 Å². The Morgan fingerprint density at radius 2 is 2.25 bits per heavy atom. The molecule has 1 heterocycles. The van der Waals surface area contributed by atoms with Crippen LogP contribution >= 0.6 is 31.9 Å². The van der Waals surface area contributed by atoms with Crippen molar-refractivity contribution in [3.8, 4) is 0 Å². The summed E-state index contributed by atoms with van der Waals surface area (Å²) in [4.78, 5) is 14.2. The van der Waals surface area contributed by atoms with Crippen molar-refractivity contribution in [2.45, 2.75) is 6.42 Å². The van der Waals surface area contributed by atoms with Crippen LogP contribution in [0.25, 0.3) is 0 Å². The monoisotopic (exact) mass is 293 g/mol. The molecule has 0 amide bonds. The van der Waals surface area contributed by atoms with Gasteiger partial charge in [0, 0.05) is 6.20 Å². The molecular weight excluding hydrogens is 290 g/mol. The molecule has 0 bridgehead atoms. The molecular formula is C7H5Br2NO2. The Morgan fingerprint density at radius 1 is 1.58 bits per heavy atom. The van der Waals surface area contributed by atoms with Crippen molar-refractivity contribution >= 4 is 37.8 Å². The second-order valence-electron chi connectivity index (χ2n) is 2.19. The normalized spacial score (nSPS) is 9.83. The lowest BCUT2D eigenvalue weighted by molar-refractivity contribution is -0.136. The molecule has 0 fully saturated rings. The lowest BCUT2D eigenvalue weighted by atomic mass is 10.2. The summed E-state index contributed by atoms with van der Waals surface area (Å²) in [5.74, 6) is -0.856. The average Bonchev–Trinajstić information content (AvgIpc) is 1.96. The van der Waals surface area contributed by atoms with E-state index in [1.54, 1.807) is 6.07 Å². The molecule has 3 nitrogen and oxygen atoms in total. The summed E-state index contributed by atoms with van der Waals surface area (Å²) in [6.45, 7) is 0. The SMILES string of the molecule is O=C(O)Cc1cnc(Br)c(Br)c1. The van der Waals surface area contributed by atoms with Gasteiger partial charge in [0.15, 0.2) is 0 Å². The maximum atomic E-state index is 10.3. The third-order valence-electron chi connectivity index (χ3n) is 1.21. The van der Waals surface area contributed by atoms with Crippen LogP contribution < -0.4 is 0 Å². The van der Waals surface area contributed by atoms with Crippen LogP contribution in [-0.4, -0.2) is 16.1 Å². The molecule has 1 rings (SSSR count). The highest BCUT2D eigenvalue weighted by atomic mass is 79.9. The van der Waals surface area contributed by atoms with Crippen LogP contribution in [0.4, 0.5) is 0 Å². The van der Waals surface area contributed by atoms with Crippen molar-refractivity contribution in [3.63, 3.8) is 0 Å². The van der Waals surface area contributed by atoms with Crippen molar-refractivity contribution in [1.29, 1.82) is 0 Å². The summed E-state index contributed by atoms with van der Waals surface area (Å²) in [6, 6.07) is 1.73. The van der Waals surface area contributed by atoms with Gasteiger partial charge in [-0.2, -0.15) is 0 Å². The Bertz CT molecular complexity index is 314. The smallest absolute Gasteiger partial charge is 0.307 e. The van der Waals surface area contributed by atoms with E-state index in [4.69, 9.17) is 5.11 Å². The molecule has 0 unspecified atom stereocenters. The van der Waals surface area contributed by atoms with Crippen LogP contribution in [0, 0.1) is 0 Å². The van der Waals surface area contributed by atoms with Crippen LogP contribution in [0.5, 0.6) is 0 Å². The molecule has 0 aliphatic carbocycles. The van der Waals surface area contributed by atoms with Crippen LogP contribution in [-0.2, 0) is 11.2 Å². The highest BCUT2D eigenvalue weighted by molar-refractivity contribution is 9.13. The van der Waals surface area contributed by atoms with E-state index >= 15 is 0 Å². The van der Waals surface area contributed by atoms with E-state index in [9.17, 15) is 4.79 Å². The fourth-order valence-electron chi connectivity index (χ4n) is 0.732. The maximum absolute atomic E-state index is 10.3. The van der Waals surface area contributed by atoms with Crippen LogP contribution in [0.15, 0.2) is 21.3 Å². The molecule has 1 N–H and O–H groups in total. The molecule has 0 aliphatic heterocycles. The van der Waals surface area contributed by atoms with Gasteiger partial charge < -0.3 is 5.11 Å². The number of halogens is 2. The highest BCUT2D eigenvalue weighted by Crippen LogP contribution is 2.21. The molecule has 0 radical (unpaired) electrons. The third-order valence-corrected chi connectivity index (χ3v) is 2.98. The van der Waals surface area contributed by atoms with Gasteiger partial charge in [-0.25, -0.2) is 4.98 Å². The van der Waals surface area contributed by atoms with E-state index in [1.807, 2.05) is 0 Å². The van der Waals surface area contributed by atoms with Crippen molar-refractivity contribution in [2.75, 3.05) is 0 Å². The predicted molar refractivity (Wildman–Crippen MR) is 51.0 cm³/mol. The van der Waals surface area contributed by atoms with Crippen LogP contribution in [0.2, 0.25) is 0 Å². The first-order valence-electron chi connectivity index (χ1n) is 3.11. The number of rotatable bonds is 2. The van der Waals surface area contributed by atoms with E-state index < -0.39 is 5.97 Å². The first kappa shape index (κ1) is 9.67. The Hall–Kier alpha value is -0.420. The van der Waals surface area contributed by atoms with Gasteiger partial charge in [0.2, 0.25) is 0 Å². The minimum Gasteiger partial charge on any atom is -0.481 e. The average molecular weight is 295 g/mol. The fourth-order valence-corrected chi connectivity index (χ4v) is 1.35. The Labute approximate surface area is 86.1 Å². The van der Waals surface area contributed by atoms with Crippen molar-refractivity contribution in [2.24, 2.45) is 0 Å². The van der Waals surface area contributed by atoms with Gasteiger partial charge in [-0.05, 0) is 43.5 Å². The first-order chi connectivity index (χ1) is 5.59. The largest absolute Gasteiger partial charge is 0.481 e. The number of aromatic nitrogens is 1. The number of nitrogens with zero attached hydrogens (tertiary/aromatic N) is 1. The molecule has 1 aromatic rings. The maximum Gasteiger partial charge on any atom is 0.307 e. The van der Waals surface area contributed by atoms with E-state index in [2.05, 4.69) is 36.8 Å². The van der Waals surface area contributed by atoms with Gasteiger partial charge >= 0.3 is 5.97 Å². The molecule has 0 saturated carbocycles. The van der Waals surface area contributed by atoms with Crippen molar-refractivity contribution in [1.82, 2.24) is 4.98 Å². The Balaban J connectivity index is 2.89. The van der Waals surface area contributed by atoms with Crippen molar-refractivity contribution < 1.29 is 9.90 Å². The zero-order chi connectivity index (χ0) is 9.14. The molecule has 5 heteroatoms. The summed E-state index contributed by atoms with van der Waals surface area (Å²) >= 11 is 6.42. The van der Waals surface area contributed by atoms with E-state index in [1.165, 1.54) is 6.20 Å². The molecule has 12 heavy (non-hydrogen) atoms. The number of carbonyl (C=O) groups is 1. The topological polar surface area (TPSA) is 50.2 Å². The molecule has 0 aliphatic rings. The van der Waals surface area contributed by atoms with Gasteiger partial charge in [0.05, 0.1) is 10.9 Å². The second kappa shape index (κ2) is 4.00. The molecule has 0 atom stereocenters. The van der Waals surface area contributed by atoms with E-state index in [0.29, 0.717) is 10.2 Å². The Kier molecular flexibility index (Phi) is 3.22.